The molecule has 5 nitrogen and oxygen atoms in total. The van der Waals surface area contributed by atoms with Gasteiger partial charge in [-0.3, -0.25) is 0 Å². The summed E-state index contributed by atoms with van der Waals surface area (Å²) in [6.07, 6.45) is 0. The summed E-state index contributed by atoms with van der Waals surface area (Å²) < 4.78 is 46.6. The van der Waals surface area contributed by atoms with Crippen LogP contribution in [0.1, 0.15) is 0 Å². The van der Waals surface area contributed by atoms with Gasteiger partial charge in [-0.25, -0.2) is 8.78 Å². The molecule has 12 aromatic rings. The van der Waals surface area contributed by atoms with Crippen LogP contribution in [-0.4, -0.2) is 11.3 Å². The second-order valence-electron chi connectivity index (χ2n) is 17.5. The average Bonchev–Trinajstić information content (AvgIpc) is 3.93. The summed E-state index contributed by atoms with van der Waals surface area (Å²) in [6, 6.07) is 72.7. The third kappa shape index (κ3) is 6.24. The maximum atomic E-state index is 15.0. The van der Waals surface area contributed by atoms with Crippen LogP contribution in [0.5, 0.6) is 11.5 Å². The van der Waals surface area contributed by atoms with Gasteiger partial charge >= 0.3 is 0 Å². The number of aromatic nitrogens is 1. The number of ether oxygens (including phenoxy) is 1. The van der Waals surface area contributed by atoms with Crippen LogP contribution in [0.25, 0.3) is 49.4 Å². The van der Waals surface area contributed by atoms with Gasteiger partial charge in [0.2, 0.25) is 0 Å². The van der Waals surface area contributed by atoms with Gasteiger partial charge in [0.25, 0.3) is 6.71 Å². The first kappa shape index (κ1) is 39.6. The molecule has 0 amide bonds. The number of fused-ring (bicyclic) bond motifs is 11. The van der Waals surface area contributed by atoms with Crippen LogP contribution >= 0.6 is 11.8 Å². The van der Waals surface area contributed by atoms with Crippen molar-refractivity contribution < 1.29 is 17.9 Å². The zero-order valence-electron chi connectivity index (χ0n) is 36.7. The first-order valence-electron chi connectivity index (χ1n) is 22.9. The fourth-order valence-electron chi connectivity index (χ4n) is 10.7. The van der Waals surface area contributed by atoms with Crippen molar-refractivity contribution >= 4 is 113 Å². The molecule has 9 heteroatoms. The highest BCUT2D eigenvalue weighted by Gasteiger charge is 2.43. The van der Waals surface area contributed by atoms with Gasteiger partial charge in [0, 0.05) is 72.0 Å². The number of nitrogens with zero attached hydrogens (tertiary/aromatic N) is 3. The number of para-hydroxylation sites is 5. The molecule has 0 atom stereocenters. The topological polar surface area (TPSA) is 33.8 Å². The number of hydrogen-bond acceptors (Lipinski definition) is 5. The molecule has 0 N–H and O–H groups in total. The summed E-state index contributed by atoms with van der Waals surface area (Å²) in [5.41, 5.74) is 13.0. The molecule has 0 aliphatic carbocycles. The number of halogens is 2. The van der Waals surface area contributed by atoms with Gasteiger partial charge in [0.1, 0.15) is 34.3 Å². The number of hydrogen-bond donors (Lipinski definition) is 0. The number of furan rings is 1. The van der Waals surface area contributed by atoms with E-state index in [1.807, 2.05) is 36.4 Å². The summed E-state index contributed by atoms with van der Waals surface area (Å²) in [4.78, 5) is 6.67. The molecule has 69 heavy (non-hydrogen) atoms. The lowest BCUT2D eigenvalue weighted by Gasteiger charge is -2.35. The Hall–Kier alpha value is -8.53. The molecule has 0 saturated carbocycles. The van der Waals surface area contributed by atoms with Crippen LogP contribution in [0.3, 0.4) is 0 Å². The van der Waals surface area contributed by atoms with Gasteiger partial charge in [-0.1, -0.05) is 114 Å². The molecule has 0 bridgehead atoms. The Bertz CT molecular complexity index is 3860. The molecule has 0 fully saturated rings. The molecule has 0 saturated heterocycles. The SMILES string of the molecule is Fc1ccc2c(c1)c1cc(F)ccc1n2-c1cc2c3c(c1)Sc1cc(N(c4ccccc4)c4ccccc4)ccc1B3c1c(cc(N(c3ccccc3)c3ccccc3)c3c1oc1ccccc13)O2. The normalized spacial score (nSPS) is 12.5. The highest BCUT2D eigenvalue weighted by atomic mass is 32.2. The van der Waals surface area contributed by atoms with E-state index in [2.05, 4.69) is 160 Å². The summed E-state index contributed by atoms with van der Waals surface area (Å²) in [5, 5.41) is 3.25. The number of rotatable bonds is 7. The molecule has 2 aromatic heterocycles. The molecule has 2 aliphatic rings. The molecule has 0 unspecified atom stereocenters. The van der Waals surface area contributed by atoms with Gasteiger partial charge in [-0.05, 0) is 115 Å². The van der Waals surface area contributed by atoms with E-state index in [0.717, 1.165) is 99.0 Å². The lowest BCUT2D eigenvalue weighted by atomic mass is 9.35. The van der Waals surface area contributed by atoms with E-state index >= 15 is 8.78 Å². The lowest BCUT2D eigenvalue weighted by molar-refractivity contribution is 0.486. The van der Waals surface area contributed by atoms with E-state index in [1.54, 1.807) is 23.9 Å². The van der Waals surface area contributed by atoms with E-state index in [0.29, 0.717) is 22.3 Å². The fraction of sp³-hybridized carbons (Fsp3) is 0. The lowest BCUT2D eigenvalue weighted by Crippen LogP contribution is -2.58. The minimum Gasteiger partial charge on any atom is -0.458 e. The van der Waals surface area contributed by atoms with Gasteiger partial charge in [-0.2, -0.15) is 0 Å². The predicted molar refractivity (Wildman–Crippen MR) is 279 cm³/mol. The highest BCUT2D eigenvalue weighted by molar-refractivity contribution is 8.00. The van der Waals surface area contributed by atoms with Crippen LogP contribution in [0.15, 0.2) is 233 Å². The summed E-state index contributed by atoms with van der Waals surface area (Å²) in [7, 11) is 0. The minimum absolute atomic E-state index is 0.291. The van der Waals surface area contributed by atoms with Crippen molar-refractivity contribution in [3.8, 4) is 17.2 Å². The predicted octanol–water partition coefficient (Wildman–Crippen LogP) is 15.0. The zero-order chi connectivity index (χ0) is 45.7. The Morgan fingerprint density at radius 3 is 1.61 bits per heavy atom. The Kier molecular flexibility index (Phi) is 8.91. The Balaban J connectivity index is 1.06. The molecular formula is C60H36BF2N3O2S. The monoisotopic (exact) mass is 911 g/mol. The van der Waals surface area contributed by atoms with E-state index in [-0.39, 0.29) is 18.3 Å². The summed E-state index contributed by atoms with van der Waals surface area (Å²) in [6.45, 7) is -0.291. The van der Waals surface area contributed by atoms with Gasteiger partial charge in [-0.15, -0.1) is 0 Å². The van der Waals surface area contributed by atoms with Crippen molar-refractivity contribution in [1.82, 2.24) is 4.57 Å². The smallest absolute Gasteiger partial charge is 0.258 e. The van der Waals surface area contributed by atoms with Crippen molar-refractivity contribution in [2.75, 3.05) is 9.80 Å². The van der Waals surface area contributed by atoms with Gasteiger partial charge < -0.3 is 23.5 Å². The number of benzene rings is 10. The molecule has 10 aromatic carbocycles. The Morgan fingerprint density at radius 2 is 1.00 bits per heavy atom. The van der Waals surface area contributed by atoms with Crippen LogP contribution < -0.4 is 30.9 Å². The first-order chi connectivity index (χ1) is 34.0. The summed E-state index contributed by atoms with van der Waals surface area (Å²) in [5.74, 6) is 0.608. The van der Waals surface area contributed by atoms with Crippen LogP contribution in [-0.2, 0) is 0 Å². The van der Waals surface area contributed by atoms with E-state index in [1.165, 1.54) is 24.3 Å². The Morgan fingerprint density at radius 1 is 0.449 bits per heavy atom. The maximum absolute atomic E-state index is 15.0. The van der Waals surface area contributed by atoms with E-state index in [9.17, 15) is 0 Å². The molecule has 0 radical (unpaired) electrons. The third-order valence-corrected chi connectivity index (χ3v) is 14.7. The van der Waals surface area contributed by atoms with Crippen molar-refractivity contribution in [2.24, 2.45) is 0 Å². The van der Waals surface area contributed by atoms with Gasteiger partial charge in [0.15, 0.2) is 0 Å². The standard InChI is InChI=1S/C60H36BF2N3O2S/c62-37-25-29-49-46(31-37)47-32-38(63)26-30-50(47)66(49)44-33-53-58-56(35-44)69-55-34-43(64(39-15-5-1-6-16-39)40-17-7-2-8-18-40)27-28-48(55)61(58)59-54(67-53)36-51(57-45-23-13-14-24-52(45)68-60(57)59)65(41-19-9-3-10-20-41)42-21-11-4-12-22-42/h1-36H. The second kappa shape index (κ2) is 15.5. The molecule has 14 rings (SSSR count). The van der Waals surface area contributed by atoms with Crippen LogP contribution in [0.4, 0.5) is 42.9 Å². The van der Waals surface area contributed by atoms with Crippen LogP contribution in [0.2, 0.25) is 0 Å². The van der Waals surface area contributed by atoms with Crippen LogP contribution in [0, 0.1) is 11.6 Å². The quantitative estimate of drug-likeness (QED) is 0.149. The van der Waals surface area contributed by atoms with Crippen molar-refractivity contribution in [3.05, 3.63) is 230 Å². The fourth-order valence-corrected chi connectivity index (χ4v) is 11.9. The zero-order valence-corrected chi connectivity index (χ0v) is 37.5. The largest absolute Gasteiger partial charge is 0.458 e. The van der Waals surface area contributed by atoms with E-state index in [4.69, 9.17) is 9.15 Å². The van der Waals surface area contributed by atoms with E-state index < -0.39 is 0 Å². The Labute approximate surface area is 400 Å². The highest BCUT2D eigenvalue weighted by Crippen LogP contribution is 2.49. The minimum atomic E-state index is -0.384. The number of anilines is 6. The van der Waals surface area contributed by atoms with Crippen molar-refractivity contribution in [1.29, 1.82) is 0 Å². The second-order valence-corrected chi connectivity index (χ2v) is 18.6. The van der Waals surface area contributed by atoms with Crippen molar-refractivity contribution in [3.63, 3.8) is 0 Å². The third-order valence-electron chi connectivity index (χ3n) is 13.5. The molecular weight excluding hydrogens is 876 g/mol. The van der Waals surface area contributed by atoms with Gasteiger partial charge in [0.05, 0.1) is 27.8 Å². The molecule has 4 heterocycles. The molecule has 326 valence electrons. The first-order valence-corrected chi connectivity index (χ1v) is 23.7. The summed E-state index contributed by atoms with van der Waals surface area (Å²) >= 11 is 1.71. The maximum Gasteiger partial charge on any atom is 0.258 e. The molecule has 2 aliphatic heterocycles. The average molecular weight is 912 g/mol. The van der Waals surface area contributed by atoms with Crippen molar-refractivity contribution in [2.45, 2.75) is 9.79 Å². The molecule has 0 spiro atoms.